The number of ether oxygens (including phenoxy) is 1. The Labute approximate surface area is 128 Å². The molecule has 1 heterocycles. The average molecular weight is 299 g/mol. The number of hydrogen-bond acceptors (Lipinski definition) is 5. The molecule has 0 saturated heterocycles. The van der Waals surface area contributed by atoms with Gasteiger partial charge in [-0.15, -0.1) is 0 Å². The van der Waals surface area contributed by atoms with Crippen molar-refractivity contribution in [1.29, 1.82) is 0 Å². The molecule has 0 saturated carbocycles. The van der Waals surface area contributed by atoms with Crippen molar-refractivity contribution in [3.8, 4) is 11.3 Å². The summed E-state index contributed by atoms with van der Waals surface area (Å²) in [5.41, 5.74) is 0.995. The molecular formula is C16H17N3O3. The minimum absolute atomic E-state index is 0.0496. The van der Waals surface area contributed by atoms with Crippen LogP contribution in [0.2, 0.25) is 0 Å². The van der Waals surface area contributed by atoms with Gasteiger partial charge in [0.2, 0.25) is 0 Å². The molecule has 0 radical (unpaired) electrons. The van der Waals surface area contributed by atoms with Crippen molar-refractivity contribution in [2.24, 2.45) is 0 Å². The van der Waals surface area contributed by atoms with Crippen molar-refractivity contribution >= 4 is 18.1 Å². The Hall–Kier alpha value is -2.76. The fraction of sp³-hybridized carbons (Fsp3) is 0.250. The van der Waals surface area contributed by atoms with Gasteiger partial charge in [0.15, 0.2) is 12.1 Å². The molecule has 0 atom stereocenters. The highest BCUT2D eigenvalue weighted by molar-refractivity contribution is 5.90. The van der Waals surface area contributed by atoms with E-state index in [9.17, 15) is 9.59 Å². The smallest absolute Gasteiger partial charge is 0.412 e. The molecule has 2 aromatic rings. The minimum atomic E-state index is -0.611. The predicted molar refractivity (Wildman–Crippen MR) is 82.7 cm³/mol. The first-order chi connectivity index (χ1) is 10.4. The van der Waals surface area contributed by atoms with Crippen LogP contribution in [0.4, 0.5) is 10.5 Å². The molecule has 1 amide bonds. The number of carbonyl (C=O) groups excluding carboxylic acids is 2. The maximum absolute atomic E-state index is 11.9. The molecule has 0 aliphatic rings. The van der Waals surface area contributed by atoms with Crippen molar-refractivity contribution in [3.05, 3.63) is 42.4 Å². The highest BCUT2D eigenvalue weighted by Gasteiger charge is 2.18. The number of amides is 1. The van der Waals surface area contributed by atoms with E-state index < -0.39 is 11.7 Å². The summed E-state index contributed by atoms with van der Waals surface area (Å²) in [5.74, 6) is 0.0496. The molecule has 6 nitrogen and oxygen atoms in total. The zero-order chi connectivity index (χ0) is 16.2. The normalized spacial score (nSPS) is 10.9. The van der Waals surface area contributed by atoms with Crippen molar-refractivity contribution < 1.29 is 14.3 Å². The van der Waals surface area contributed by atoms with Crippen LogP contribution >= 0.6 is 0 Å². The molecule has 114 valence electrons. The highest BCUT2D eigenvalue weighted by Crippen LogP contribution is 2.25. The number of hydrogen-bond donors (Lipinski definition) is 1. The molecule has 2 rings (SSSR count). The molecule has 0 aliphatic heterocycles. The molecule has 0 bridgehead atoms. The third kappa shape index (κ3) is 4.12. The van der Waals surface area contributed by atoms with Gasteiger partial charge in [-0.25, -0.2) is 14.8 Å². The predicted octanol–water partition coefficient (Wildman–Crippen LogP) is 3.30. The summed E-state index contributed by atoms with van der Waals surface area (Å²) in [5, 5.41) is 2.61. The molecule has 1 aromatic heterocycles. The third-order valence-corrected chi connectivity index (χ3v) is 2.60. The van der Waals surface area contributed by atoms with E-state index in [1.54, 1.807) is 20.8 Å². The minimum Gasteiger partial charge on any atom is -0.444 e. The fourth-order valence-corrected chi connectivity index (χ4v) is 1.77. The second kappa shape index (κ2) is 6.34. The molecular weight excluding hydrogens is 282 g/mol. The molecule has 0 fully saturated rings. The Kier molecular flexibility index (Phi) is 4.50. The van der Waals surface area contributed by atoms with Gasteiger partial charge in [-0.1, -0.05) is 30.3 Å². The fourth-order valence-electron chi connectivity index (χ4n) is 1.77. The van der Waals surface area contributed by atoms with Crippen LogP contribution in [0, 0.1) is 0 Å². The van der Waals surface area contributed by atoms with Gasteiger partial charge in [0, 0.05) is 5.56 Å². The molecule has 0 spiro atoms. The molecule has 0 unspecified atom stereocenters. The van der Waals surface area contributed by atoms with Crippen LogP contribution in [0.25, 0.3) is 11.3 Å². The number of nitrogens with zero attached hydrogens (tertiary/aromatic N) is 2. The summed E-state index contributed by atoms with van der Waals surface area (Å²) in [4.78, 5) is 30.8. The zero-order valence-electron chi connectivity index (χ0n) is 12.7. The maximum atomic E-state index is 11.9. The Morgan fingerprint density at radius 1 is 1.23 bits per heavy atom. The standard InChI is InChI=1S/C16H17N3O3/c1-16(2,3)22-15(21)18-12-9-17-13(10-20)19-14(12)11-7-5-4-6-8-11/h4-10H,1-3H3,(H,18,21). The van der Waals surface area contributed by atoms with Gasteiger partial charge < -0.3 is 4.74 Å². The second-order valence-electron chi connectivity index (χ2n) is 5.60. The van der Waals surface area contributed by atoms with E-state index in [4.69, 9.17) is 4.74 Å². The highest BCUT2D eigenvalue weighted by atomic mass is 16.6. The van der Waals surface area contributed by atoms with E-state index in [2.05, 4.69) is 15.3 Å². The number of rotatable bonds is 3. The average Bonchev–Trinajstić information content (AvgIpc) is 2.46. The van der Waals surface area contributed by atoms with Crippen molar-refractivity contribution in [1.82, 2.24) is 9.97 Å². The Balaban J connectivity index is 2.35. The van der Waals surface area contributed by atoms with Gasteiger partial charge in [-0.2, -0.15) is 0 Å². The van der Waals surface area contributed by atoms with Crippen molar-refractivity contribution in [2.45, 2.75) is 26.4 Å². The zero-order valence-corrected chi connectivity index (χ0v) is 12.7. The first-order valence-electron chi connectivity index (χ1n) is 6.77. The number of carbonyl (C=O) groups is 2. The van der Waals surface area contributed by atoms with E-state index in [0.29, 0.717) is 17.7 Å². The van der Waals surface area contributed by atoms with E-state index in [1.165, 1.54) is 6.20 Å². The van der Waals surface area contributed by atoms with Gasteiger partial charge in [-0.3, -0.25) is 10.1 Å². The molecule has 0 aliphatic carbocycles. The molecule has 22 heavy (non-hydrogen) atoms. The lowest BCUT2D eigenvalue weighted by Crippen LogP contribution is -2.27. The number of aromatic nitrogens is 2. The number of aldehydes is 1. The van der Waals surface area contributed by atoms with Crippen molar-refractivity contribution in [3.63, 3.8) is 0 Å². The summed E-state index contributed by atoms with van der Waals surface area (Å²) in [6.07, 6.45) is 1.35. The summed E-state index contributed by atoms with van der Waals surface area (Å²) < 4.78 is 5.21. The first kappa shape index (κ1) is 15.6. The summed E-state index contributed by atoms with van der Waals surface area (Å²) in [6, 6.07) is 9.21. The largest absolute Gasteiger partial charge is 0.444 e. The number of nitrogens with one attached hydrogen (secondary N) is 1. The van der Waals surface area contributed by atoms with E-state index >= 15 is 0 Å². The summed E-state index contributed by atoms with van der Waals surface area (Å²) in [7, 11) is 0. The first-order valence-corrected chi connectivity index (χ1v) is 6.77. The number of anilines is 1. The maximum Gasteiger partial charge on any atom is 0.412 e. The van der Waals surface area contributed by atoms with E-state index in [-0.39, 0.29) is 5.82 Å². The van der Waals surface area contributed by atoms with Crippen LogP contribution in [0.3, 0.4) is 0 Å². The quantitative estimate of drug-likeness (QED) is 0.879. The Morgan fingerprint density at radius 2 is 1.91 bits per heavy atom. The summed E-state index contributed by atoms with van der Waals surface area (Å²) in [6.45, 7) is 5.32. The van der Waals surface area contributed by atoms with Crippen LogP contribution in [0.1, 0.15) is 31.4 Å². The van der Waals surface area contributed by atoms with Gasteiger partial charge in [0.25, 0.3) is 0 Å². The van der Waals surface area contributed by atoms with Crippen LogP contribution in [0.5, 0.6) is 0 Å². The van der Waals surface area contributed by atoms with Crippen LogP contribution in [0.15, 0.2) is 36.5 Å². The topological polar surface area (TPSA) is 81.2 Å². The Morgan fingerprint density at radius 3 is 2.50 bits per heavy atom. The van der Waals surface area contributed by atoms with Crippen LogP contribution < -0.4 is 5.32 Å². The van der Waals surface area contributed by atoms with Crippen LogP contribution in [-0.4, -0.2) is 27.9 Å². The van der Waals surface area contributed by atoms with Crippen molar-refractivity contribution in [2.75, 3.05) is 5.32 Å². The monoisotopic (exact) mass is 299 g/mol. The molecule has 1 N–H and O–H groups in total. The SMILES string of the molecule is CC(C)(C)OC(=O)Nc1cnc(C=O)nc1-c1ccccc1. The van der Waals surface area contributed by atoms with E-state index in [1.807, 2.05) is 30.3 Å². The van der Waals surface area contributed by atoms with Gasteiger partial charge in [0.05, 0.1) is 17.6 Å². The Bertz CT molecular complexity index is 679. The molecule has 6 heteroatoms. The summed E-state index contributed by atoms with van der Waals surface area (Å²) >= 11 is 0. The lowest BCUT2D eigenvalue weighted by atomic mass is 10.1. The number of benzene rings is 1. The lowest BCUT2D eigenvalue weighted by Gasteiger charge is -2.20. The van der Waals surface area contributed by atoms with Crippen LogP contribution in [-0.2, 0) is 4.74 Å². The second-order valence-corrected chi connectivity index (χ2v) is 5.60. The van der Waals surface area contributed by atoms with E-state index in [0.717, 1.165) is 5.56 Å². The lowest BCUT2D eigenvalue weighted by molar-refractivity contribution is 0.0636. The van der Waals surface area contributed by atoms with Gasteiger partial charge in [-0.05, 0) is 20.8 Å². The van der Waals surface area contributed by atoms with Gasteiger partial charge in [0.1, 0.15) is 5.60 Å². The third-order valence-electron chi connectivity index (χ3n) is 2.60. The molecule has 1 aromatic carbocycles. The van der Waals surface area contributed by atoms with Gasteiger partial charge >= 0.3 is 6.09 Å².